The maximum absolute atomic E-state index is 12.2. The monoisotopic (exact) mass is 284 g/mol. The molecule has 0 aliphatic carbocycles. The van der Waals surface area contributed by atoms with Crippen molar-refractivity contribution in [1.82, 2.24) is 19.9 Å². The third-order valence-electron chi connectivity index (χ3n) is 3.36. The van der Waals surface area contributed by atoms with E-state index in [0.717, 1.165) is 22.2 Å². The Bertz CT molecular complexity index is 850. The number of carbonyl (C=O) groups excluding carboxylic acids is 1. The van der Waals surface area contributed by atoms with E-state index >= 15 is 0 Å². The zero-order valence-corrected chi connectivity index (χ0v) is 11.6. The van der Waals surface area contributed by atoms with Gasteiger partial charge in [-0.25, -0.2) is 4.98 Å². The summed E-state index contributed by atoms with van der Waals surface area (Å²) >= 11 is 0. The molecular formula is C16H20N4O. The minimum absolute atomic E-state index is 0. The second kappa shape index (κ2) is 5.17. The average molecular weight is 284 g/mol. The Labute approximate surface area is 126 Å². The van der Waals surface area contributed by atoms with Crippen LogP contribution in [0.2, 0.25) is 0 Å². The van der Waals surface area contributed by atoms with Crippen LogP contribution in [0.15, 0.2) is 36.8 Å². The summed E-state index contributed by atoms with van der Waals surface area (Å²) in [6.07, 6.45) is 10.6. The number of carbonyl (C=O) groups is 1. The third kappa shape index (κ3) is 2.28. The Morgan fingerprint density at radius 3 is 3.14 bits per heavy atom. The second-order valence-electron chi connectivity index (χ2n) is 4.77. The summed E-state index contributed by atoms with van der Waals surface area (Å²) in [5, 5.41) is 1.02. The van der Waals surface area contributed by atoms with Gasteiger partial charge in [0.2, 0.25) is 0 Å². The number of hydrogen-bond acceptors (Lipinski definition) is 2. The molecular weight excluding hydrogens is 264 g/mol. The van der Waals surface area contributed by atoms with E-state index in [-0.39, 0.29) is 16.7 Å². The highest BCUT2D eigenvalue weighted by atomic mass is 16.2. The minimum atomic E-state index is -0.126. The summed E-state index contributed by atoms with van der Waals surface area (Å²) in [7, 11) is 1.68. The molecule has 0 unspecified atom stereocenters. The van der Waals surface area contributed by atoms with E-state index in [1.54, 1.807) is 13.2 Å². The van der Waals surface area contributed by atoms with E-state index in [4.69, 9.17) is 6.42 Å². The van der Waals surface area contributed by atoms with Crippen LogP contribution < -0.4 is 0 Å². The third-order valence-corrected chi connectivity index (χ3v) is 3.36. The molecule has 0 saturated carbocycles. The van der Waals surface area contributed by atoms with Crippen LogP contribution in [0.25, 0.3) is 22.2 Å². The molecule has 0 aromatic carbocycles. The molecule has 0 aliphatic heterocycles. The molecule has 3 aromatic heterocycles. The predicted molar refractivity (Wildman–Crippen MR) is 88.0 cm³/mol. The van der Waals surface area contributed by atoms with Crippen LogP contribution in [0.5, 0.6) is 0 Å². The average Bonchev–Trinajstić information content (AvgIpc) is 3.15. The van der Waals surface area contributed by atoms with Crippen molar-refractivity contribution >= 4 is 16.9 Å². The number of hydrogen-bond donors (Lipinski definition) is 2. The molecule has 0 radical (unpaired) electrons. The maximum Gasteiger partial charge on any atom is 0.270 e. The first-order chi connectivity index (χ1) is 10.2. The molecule has 0 atom stereocenters. The second-order valence-corrected chi connectivity index (χ2v) is 4.77. The lowest BCUT2D eigenvalue weighted by atomic mass is 10.1. The molecule has 3 aromatic rings. The fourth-order valence-electron chi connectivity index (χ4n) is 2.30. The molecule has 21 heavy (non-hydrogen) atoms. The lowest BCUT2D eigenvalue weighted by Gasteiger charge is -2.11. The van der Waals surface area contributed by atoms with E-state index in [1.807, 2.05) is 30.6 Å². The molecule has 0 fully saturated rings. The van der Waals surface area contributed by atoms with Gasteiger partial charge in [0.1, 0.15) is 11.3 Å². The van der Waals surface area contributed by atoms with Gasteiger partial charge in [0.25, 0.3) is 5.91 Å². The fraction of sp³-hybridized carbons (Fsp3) is 0.125. The van der Waals surface area contributed by atoms with Crippen molar-refractivity contribution in [1.29, 1.82) is 0 Å². The molecule has 1 amide bonds. The molecule has 5 nitrogen and oxygen atoms in total. The minimum Gasteiger partial charge on any atom is -0.357 e. The number of aromatic amines is 2. The molecule has 0 spiro atoms. The summed E-state index contributed by atoms with van der Waals surface area (Å²) in [5.74, 6) is 2.33. The first-order valence-corrected chi connectivity index (χ1v) is 6.50. The number of fused-ring (bicyclic) bond motifs is 1. The van der Waals surface area contributed by atoms with Crippen LogP contribution in [0.4, 0.5) is 0 Å². The number of H-pyrrole nitrogens is 2. The summed E-state index contributed by atoms with van der Waals surface area (Å²) in [4.78, 5) is 24.0. The number of pyridine rings is 1. The zero-order chi connectivity index (χ0) is 14.8. The van der Waals surface area contributed by atoms with E-state index in [9.17, 15) is 4.79 Å². The topological polar surface area (TPSA) is 64.8 Å². The molecule has 2 N–H and O–H groups in total. The highest BCUT2D eigenvalue weighted by Gasteiger charge is 2.14. The van der Waals surface area contributed by atoms with E-state index in [2.05, 4.69) is 20.9 Å². The van der Waals surface area contributed by atoms with Crippen LogP contribution >= 0.6 is 0 Å². The number of nitrogens with zero attached hydrogens (tertiary/aromatic N) is 2. The number of rotatable bonds is 3. The van der Waals surface area contributed by atoms with Crippen LogP contribution in [-0.2, 0) is 0 Å². The van der Waals surface area contributed by atoms with Crippen LogP contribution in [-0.4, -0.2) is 39.4 Å². The molecule has 5 heteroatoms. The standard InChI is InChI=1S/C16H14N4O.3H2/c1-3-8-20(2)16(21)14-9-11(10-19-14)12-4-6-17-15-13(12)5-7-18-15;;;/h1,4-7,9-10,19H,8H2,2H3,(H,17,18);3*1H. The van der Waals surface area contributed by atoms with Crippen molar-refractivity contribution in [3.05, 3.63) is 42.5 Å². The number of terminal acetylenes is 1. The van der Waals surface area contributed by atoms with Crippen molar-refractivity contribution in [2.45, 2.75) is 0 Å². The Morgan fingerprint density at radius 2 is 2.33 bits per heavy atom. The van der Waals surface area contributed by atoms with Crippen molar-refractivity contribution in [3.8, 4) is 23.5 Å². The quantitative estimate of drug-likeness (QED) is 0.726. The highest BCUT2D eigenvalue weighted by Crippen LogP contribution is 2.27. The van der Waals surface area contributed by atoms with Gasteiger partial charge in [0.05, 0.1) is 6.54 Å². The van der Waals surface area contributed by atoms with Crippen molar-refractivity contribution in [3.63, 3.8) is 0 Å². The van der Waals surface area contributed by atoms with Crippen molar-refractivity contribution < 1.29 is 9.07 Å². The van der Waals surface area contributed by atoms with Gasteiger partial charge < -0.3 is 14.9 Å². The van der Waals surface area contributed by atoms with Crippen LogP contribution in [0.1, 0.15) is 14.8 Å². The molecule has 3 rings (SSSR count). The van der Waals surface area contributed by atoms with Crippen LogP contribution in [0.3, 0.4) is 0 Å². The molecule has 0 aliphatic rings. The normalized spacial score (nSPS) is 10.5. The smallest absolute Gasteiger partial charge is 0.270 e. The summed E-state index contributed by atoms with van der Waals surface area (Å²) in [5.41, 5.74) is 3.31. The Morgan fingerprint density at radius 1 is 1.48 bits per heavy atom. The lowest BCUT2D eigenvalue weighted by molar-refractivity contribution is 0.0807. The fourth-order valence-corrected chi connectivity index (χ4v) is 2.30. The molecule has 0 saturated heterocycles. The van der Waals surface area contributed by atoms with Gasteiger partial charge in [-0.05, 0) is 23.8 Å². The maximum atomic E-state index is 12.2. The molecule has 3 heterocycles. The van der Waals surface area contributed by atoms with Gasteiger partial charge in [-0.2, -0.15) is 0 Å². The zero-order valence-electron chi connectivity index (χ0n) is 11.6. The summed E-state index contributed by atoms with van der Waals surface area (Å²) in [6, 6.07) is 5.73. The van der Waals surface area contributed by atoms with Crippen molar-refractivity contribution in [2.75, 3.05) is 13.6 Å². The Kier molecular flexibility index (Phi) is 3.20. The Balaban J connectivity index is 0.00000176. The summed E-state index contributed by atoms with van der Waals surface area (Å²) in [6.45, 7) is 0.282. The highest BCUT2D eigenvalue weighted by molar-refractivity contribution is 5.97. The van der Waals surface area contributed by atoms with E-state index < -0.39 is 0 Å². The van der Waals surface area contributed by atoms with Gasteiger partial charge in [-0.15, -0.1) is 6.42 Å². The number of nitrogens with one attached hydrogen (secondary N) is 2. The van der Waals surface area contributed by atoms with Crippen molar-refractivity contribution in [2.24, 2.45) is 0 Å². The lowest BCUT2D eigenvalue weighted by Crippen LogP contribution is -2.27. The van der Waals surface area contributed by atoms with E-state index in [1.165, 1.54) is 4.90 Å². The van der Waals surface area contributed by atoms with Gasteiger partial charge in [-0.3, -0.25) is 4.79 Å². The first-order valence-electron chi connectivity index (χ1n) is 6.50. The van der Waals surface area contributed by atoms with Gasteiger partial charge >= 0.3 is 0 Å². The largest absolute Gasteiger partial charge is 0.357 e. The molecule has 110 valence electrons. The van der Waals surface area contributed by atoms with Gasteiger partial charge in [-0.1, -0.05) is 5.92 Å². The first kappa shape index (κ1) is 13.0. The predicted octanol–water partition coefficient (Wildman–Crippen LogP) is 3.00. The Hall–Kier alpha value is -3.00. The number of aromatic nitrogens is 3. The molecule has 0 bridgehead atoms. The van der Waals surface area contributed by atoms with Gasteiger partial charge in [0, 0.05) is 40.9 Å². The van der Waals surface area contributed by atoms with E-state index in [0.29, 0.717) is 5.69 Å². The van der Waals surface area contributed by atoms with Gasteiger partial charge in [0.15, 0.2) is 0 Å². The SMILES string of the molecule is C#CCN(C)C(=O)c1cc(-c2ccnc3[nH]ccc23)c[nH]1.[HH].[HH].[HH]. The van der Waals surface area contributed by atoms with Crippen LogP contribution in [0, 0.1) is 12.3 Å². The summed E-state index contributed by atoms with van der Waals surface area (Å²) < 4.78 is 0. The number of amides is 1.